The van der Waals surface area contributed by atoms with Gasteiger partial charge in [-0.05, 0) is 44.7 Å². The lowest BCUT2D eigenvalue weighted by Crippen LogP contribution is -2.06. The molecule has 0 unspecified atom stereocenters. The molecule has 1 heterocycles. The molecule has 1 aromatic carbocycles. The van der Waals surface area contributed by atoms with E-state index in [1.54, 1.807) is 0 Å². The molecular weight excluding hydrogens is 258 g/mol. The van der Waals surface area contributed by atoms with Crippen molar-refractivity contribution in [2.75, 3.05) is 11.9 Å². The summed E-state index contributed by atoms with van der Waals surface area (Å²) in [5, 5.41) is 3.38. The van der Waals surface area contributed by atoms with Crippen LogP contribution in [0.25, 0.3) is 11.4 Å². The molecule has 112 valence electrons. The molecule has 3 heteroatoms. The van der Waals surface area contributed by atoms with Gasteiger partial charge in [-0.2, -0.15) is 0 Å². The second kappa shape index (κ2) is 6.70. The summed E-state index contributed by atoms with van der Waals surface area (Å²) < 4.78 is 0. The maximum Gasteiger partial charge on any atom is 0.162 e. The van der Waals surface area contributed by atoms with Crippen LogP contribution in [0.2, 0.25) is 0 Å². The van der Waals surface area contributed by atoms with Gasteiger partial charge >= 0.3 is 0 Å². The number of nitrogens with zero attached hydrogens (tertiary/aromatic N) is 2. The lowest BCUT2D eigenvalue weighted by Gasteiger charge is -2.13. The number of aromatic nitrogens is 2. The average Bonchev–Trinajstić information content (AvgIpc) is 2.43. The van der Waals surface area contributed by atoms with Crippen molar-refractivity contribution in [1.82, 2.24) is 9.97 Å². The number of nitrogens with one attached hydrogen (secondary N) is 1. The van der Waals surface area contributed by atoms with Crippen molar-refractivity contribution in [2.24, 2.45) is 0 Å². The van der Waals surface area contributed by atoms with E-state index in [9.17, 15) is 0 Å². The van der Waals surface area contributed by atoms with Crippen molar-refractivity contribution in [3.8, 4) is 11.4 Å². The van der Waals surface area contributed by atoms with Crippen LogP contribution in [0.4, 0.5) is 5.82 Å². The molecule has 0 saturated carbocycles. The highest BCUT2D eigenvalue weighted by molar-refractivity contribution is 5.66. The Bertz CT molecular complexity index is 609. The molecule has 0 spiro atoms. The number of benzene rings is 1. The molecule has 0 saturated heterocycles. The molecule has 0 aliphatic heterocycles. The second-order valence-corrected chi connectivity index (χ2v) is 5.62. The van der Waals surface area contributed by atoms with Crippen molar-refractivity contribution in [3.05, 3.63) is 40.6 Å². The first-order valence-corrected chi connectivity index (χ1v) is 7.75. The van der Waals surface area contributed by atoms with Crippen LogP contribution in [0.1, 0.15) is 42.7 Å². The third-order valence-electron chi connectivity index (χ3n) is 3.60. The molecule has 0 radical (unpaired) electrons. The Balaban J connectivity index is 2.52. The first-order chi connectivity index (χ1) is 10.0. The van der Waals surface area contributed by atoms with Crippen molar-refractivity contribution >= 4 is 5.82 Å². The van der Waals surface area contributed by atoms with Gasteiger partial charge in [-0.1, -0.05) is 31.5 Å². The molecule has 0 aliphatic rings. The predicted octanol–water partition coefficient (Wildman–Crippen LogP) is 4.45. The standard InChI is InChI=1S/C18H25N3/c1-6-8-19-16-11-15(7-2)20-18(21-16)17-13(4)9-12(3)10-14(17)5/h9-11H,6-8H2,1-5H3,(H,19,20,21). The Labute approximate surface area is 127 Å². The minimum atomic E-state index is 0.836. The fourth-order valence-corrected chi connectivity index (χ4v) is 2.67. The van der Waals surface area contributed by atoms with E-state index in [1.165, 1.54) is 16.7 Å². The summed E-state index contributed by atoms with van der Waals surface area (Å²) in [6.07, 6.45) is 2.00. The predicted molar refractivity (Wildman–Crippen MR) is 89.8 cm³/mol. The minimum Gasteiger partial charge on any atom is -0.370 e. The number of hydrogen-bond donors (Lipinski definition) is 1. The lowest BCUT2D eigenvalue weighted by atomic mass is 9.99. The summed E-state index contributed by atoms with van der Waals surface area (Å²) >= 11 is 0. The Morgan fingerprint density at radius 2 is 1.62 bits per heavy atom. The number of hydrogen-bond acceptors (Lipinski definition) is 3. The van der Waals surface area contributed by atoms with E-state index >= 15 is 0 Å². The number of rotatable bonds is 5. The Hall–Kier alpha value is -1.90. The maximum atomic E-state index is 4.73. The zero-order valence-corrected chi connectivity index (χ0v) is 13.7. The number of anilines is 1. The van der Waals surface area contributed by atoms with Crippen LogP contribution in [0.5, 0.6) is 0 Å². The summed E-state index contributed by atoms with van der Waals surface area (Å²) in [5.74, 6) is 1.76. The minimum absolute atomic E-state index is 0.836. The third kappa shape index (κ3) is 3.60. The highest BCUT2D eigenvalue weighted by Gasteiger charge is 2.12. The molecule has 0 amide bonds. The first-order valence-electron chi connectivity index (χ1n) is 7.75. The van der Waals surface area contributed by atoms with E-state index in [4.69, 9.17) is 9.97 Å². The molecule has 2 rings (SSSR count). The van der Waals surface area contributed by atoms with E-state index in [0.717, 1.165) is 42.3 Å². The van der Waals surface area contributed by atoms with Crippen LogP contribution >= 0.6 is 0 Å². The topological polar surface area (TPSA) is 37.8 Å². The molecule has 0 bridgehead atoms. The van der Waals surface area contributed by atoms with Gasteiger partial charge in [0, 0.05) is 23.9 Å². The van der Waals surface area contributed by atoms with E-state index in [2.05, 4.69) is 58.1 Å². The summed E-state index contributed by atoms with van der Waals surface area (Å²) in [7, 11) is 0. The number of aryl methyl sites for hydroxylation is 4. The van der Waals surface area contributed by atoms with Crippen LogP contribution in [-0.2, 0) is 6.42 Å². The van der Waals surface area contributed by atoms with E-state index in [1.807, 2.05) is 0 Å². The summed E-state index contributed by atoms with van der Waals surface area (Å²) in [4.78, 5) is 9.45. The van der Waals surface area contributed by atoms with Crippen LogP contribution in [0.15, 0.2) is 18.2 Å². The fraction of sp³-hybridized carbons (Fsp3) is 0.444. The van der Waals surface area contributed by atoms with Crippen molar-refractivity contribution in [3.63, 3.8) is 0 Å². The highest BCUT2D eigenvalue weighted by Crippen LogP contribution is 2.27. The first kappa shape index (κ1) is 15.5. The van der Waals surface area contributed by atoms with Gasteiger partial charge in [0.15, 0.2) is 5.82 Å². The SMILES string of the molecule is CCCNc1cc(CC)nc(-c2c(C)cc(C)cc2C)n1. The zero-order chi connectivity index (χ0) is 15.4. The Morgan fingerprint density at radius 3 is 2.19 bits per heavy atom. The van der Waals surface area contributed by atoms with Gasteiger partial charge in [0.1, 0.15) is 5.82 Å². The van der Waals surface area contributed by atoms with Crippen LogP contribution in [0, 0.1) is 20.8 Å². The van der Waals surface area contributed by atoms with Crippen molar-refractivity contribution in [2.45, 2.75) is 47.5 Å². The van der Waals surface area contributed by atoms with Crippen LogP contribution in [-0.4, -0.2) is 16.5 Å². The largest absolute Gasteiger partial charge is 0.370 e. The fourth-order valence-electron chi connectivity index (χ4n) is 2.67. The molecule has 0 atom stereocenters. The molecular formula is C18H25N3. The Morgan fingerprint density at radius 1 is 0.952 bits per heavy atom. The molecule has 0 fully saturated rings. The van der Waals surface area contributed by atoms with Gasteiger partial charge in [-0.25, -0.2) is 9.97 Å². The molecule has 3 nitrogen and oxygen atoms in total. The average molecular weight is 283 g/mol. The smallest absolute Gasteiger partial charge is 0.162 e. The van der Waals surface area contributed by atoms with Gasteiger partial charge in [-0.3, -0.25) is 0 Å². The highest BCUT2D eigenvalue weighted by atomic mass is 15.0. The van der Waals surface area contributed by atoms with Gasteiger partial charge in [-0.15, -0.1) is 0 Å². The molecule has 1 N–H and O–H groups in total. The summed E-state index contributed by atoms with van der Waals surface area (Å²) in [5.41, 5.74) is 6.00. The summed E-state index contributed by atoms with van der Waals surface area (Å²) in [6.45, 7) is 11.6. The van der Waals surface area contributed by atoms with E-state index < -0.39 is 0 Å². The van der Waals surface area contributed by atoms with Crippen LogP contribution in [0.3, 0.4) is 0 Å². The van der Waals surface area contributed by atoms with E-state index in [-0.39, 0.29) is 0 Å². The van der Waals surface area contributed by atoms with E-state index in [0.29, 0.717) is 0 Å². The molecule has 0 aliphatic carbocycles. The van der Waals surface area contributed by atoms with Crippen molar-refractivity contribution in [1.29, 1.82) is 0 Å². The Kier molecular flexibility index (Phi) is 4.94. The summed E-state index contributed by atoms with van der Waals surface area (Å²) in [6, 6.07) is 6.45. The second-order valence-electron chi connectivity index (χ2n) is 5.62. The van der Waals surface area contributed by atoms with Gasteiger partial charge in [0.25, 0.3) is 0 Å². The molecule has 1 aromatic heterocycles. The molecule has 21 heavy (non-hydrogen) atoms. The maximum absolute atomic E-state index is 4.73. The monoisotopic (exact) mass is 283 g/mol. The van der Waals surface area contributed by atoms with Gasteiger partial charge in [0.05, 0.1) is 0 Å². The van der Waals surface area contributed by atoms with Gasteiger partial charge < -0.3 is 5.32 Å². The third-order valence-corrected chi connectivity index (χ3v) is 3.60. The lowest BCUT2D eigenvalue weighted by molar-refractivity contribution is 0.950. The molecule has 2 aromatic rings. The quantitative estimate of drug-likeness (QED) is 0.880. The zero-order valence-electron chi connectivity index (χ0n) is 13.7. The van der Waals surface area contributed by atoms with Gasteiger partial charge in [0.2, 0.25) is 0 Å². The normalized spacial score (nSPS) is 10.7. The van der Waals surface area contributed by atoms with Crippen LogP contribution < -0.4 is 5.32 Å². The van der Waals surface area contributed by atoms with Crippen molar-refractivity contribution < 1.29 is 0 Å².